The van der Waals surface area contributed by atoms with E-state index in [0.29, 0.717) is 11.6 Å². The molecule has 1 unspecified atom stereocenters. The van der Waals surface area contributed by atoms with Crippen LogP contribution in [0.25, 0.3) is 4.85 Å². The first-order valence-electron chi connectivity index (χ1n) is 11.2. The quantitative estimate of drug-likeness (QED) is 0.172. The van der Waals surface area contributed by atoms with E-state index in [9.17, 15) is 30.9 Å². The van der Waals surface area contributed by atoms with Gasteiger partial charge >= 0.3 is 12.5 Å². The zero-order valence-corrected chi connectivity index (χ0v) is 21.4. The van der Waals surface area contributed by atoms with Crippen LogP contribution in [0.1, 0.15) is 37.5 Å². The second-order valence-corrected chi connectivity index (χ2v) is 11.4. The van der Waals surface area contributed by atoms with Gasteiger partial charge in [0.05, 0.1) is 6.57 Å². The van der Waals surface area contributed by atoms with Crippen molar-refractivity contribution in [1.29, 1.82) is 0 Å². The Labute approximate surface area is 219 Å². The molecule has 3 aromatic carbocycles. The Morgan fingerprint density at radius 3 is 2.21 bits per heavy atom. The minimum atomic E-state index is -4.91. The van der Waals surface area contributed by atoms with Crippen LogP contribution in [0.5, 0.6) is 5.75 Å². The first-order chi connectivity index (χ1) is 17.7. The van der Waals surface area contributed by atoms with Gasteiger partial charge in [0.15, 0.2) is 0 Å². The maximum absolute atomic E-state index is 14.8. The Kier molecular flexibility index (Phi) is 8.71. The van der Waals surface area contributed by atoms with Crippen molar-refractivity contribution in [2.24, 2.45) is 0 Å². The molecule has 2 atom stereocenters. The van der Waals surface area contributed by atoms with Crippen LogP contribution in [-0.4, -0.2) is 21.8 Å². The third kappa shape index (κ3) is 6.62. The largest absolute Gasteiger partial charge is 0.598 e. The van der Waals surface area contributed by atoms with Crippen LogP contribution in [0.15, 0.2) is 66.7 Å². The lowest BCUT2D eigenvalue weighted by atomic mass is 9.78. The van der Waals surface area contributed by atoms with E-state index < -0.39 is 51.6 Å². The van der Waals surface area contributed by atoms with Gasteiger partial charge in [-0.2, -0.15) is 17.6 Å². The van der Waals surface area contributed by atoms with Gasteiger partial charge in [-0.25, -0.2) is 13.6 Å². The standard InChI is InChI=1S/C27H24F6N2O2S/c1-25(2,3)38(36)35-26(16-17-8-6-5-7-9-17,18-10-11-22(29)23(14-18)34-4)19-12-20(28)15-21(13-19)37-27(32,33)24(30)31/h5-15,24,35H,16H2,1-3H3/t26-,38?/m1/s1. The first kappa shape index (κ1) is 29.4. The van der Waals surface area contributed by atoms with E-state index in [1.54, 1.807) is 51.1 Å². The highest BCUT2D eigenvalue weighted by Crippen LogP contribution is 2.40. The summed E-state index contributed by atoms with van der Waals surface area (Å²) in [5.74, 6) is -2.84. The van der Waals surface area contributed by atoms with Crippen molar-refractivity contribution in [2.75, 3.05) is 0 Å². The summed E-state index contributed by atoms with van der Waals surface area (Å²) >= 11 is -1.89. The predicted molar refractivity (Wildman–Crippen MR) is 133 cm³/mol. The average Bonchev–Trinajstić information content (AvgIpc) is 2.83. The molecule has 0 spiro atoms. The van der Waals surface area contributed by atoms with Gasteiger partial charge in [0.25, 0.3) is 0 Å². The topological polar surface area (TPSA) is 48.7 Å². The molecule has 0 aliphatic heterocycles. The summed E-state index contributed by atoms with van der Waals surface area (Å²) in [5, 5.41) is 0. The monoisotopic (exact) mass is 554 g/mol. The summed E-state index contributed by atoms with van der Waals surface area (Å²) in [6.45, 7) is 12.3. The number of benzene rings is 3. The zero-order valence-electron chi connectivity index (χ0n) is 20.6. The number of nitrogens with one attached hydrogen (secondary N) is 1. The van der Waals surface area contributed by atoms with Crippen molar-refractivity contribution < 1.29 is 35.6 Å². The SMILES string of the molecule is [C-]#[N+]c1cc([C@@](Cc2ccccc2)(N[S+]([O-])C(C)(C)C)c2cc(F)cc(OC(F)(F)C(F)F)c2)ccc1F. The predicted octanol–water partition coefficient (Wildman–Crippen LogP) is 7.29. The maximum atomic E-state index is 14.8. The van der Waals surface area contributed by atoms with Crippen LogP contribution >= 0.6 is 0 Å². The Morgan fingerprint density at radius 1 is 0.974 bits per heavy atom. The molecule has 0 aliphatic rings. The van der Waals surface area contributed by atoms with Gasteiger partial charge < -0.3 is 9.29 Å². The van der Waals surface area contributed by atoms with E-state index in [-0.39, 0.29) is 23.2 Å². The third-order valence-electron chi connectivity index (χ3n) is 5.57. The Morgan fingerprint density at radius 2 is 1.63 bits per heavy atom. The molecule has 38 heavy (non-hydrogen) atoms. The summed E-state index contributed by atoms with van der Waals surface area (Å²) in [5.41, 5.74) is -1.46. The lowest BCUT2D eigenvalue weighted by molar-refractivity contribution is -0.253. The zero-order chi connectivity index (χ0) is 28.3. The summed E-state index contributed by atoms with van der Waals surface area (Å²) in [4.78, 5) is 3.17. The molecule has 0 amide bonds. The fourth-order valence-corrected chi connectivity index (χ4v) is 4.60. The number of halogens is 6. The molecule has 4 nitrogen and oxygen atoms in total. The smallest absolute Gasteiger partial charge is 0.461 e. The van der Waals surface area contributed by atoms with Gasteiger partial charge in [0.2, 0.25) is 5.69 Å². The first-order valence-corrected chi connectivity index (χ1v) is 12.4. The third-order valence-corrected chi connectivity index (χ3v) is 7.21. The van der Waals surface area contributed by atoms with Crippen molar-refractivity contribution in [1.82, 2.24) is 4.72 Å². The average molecular weight is 555 g/mol. The number of hydrogen-bond donors (Lipinski definition) is 1. The lowest BCUT2D eigenvalue weighted by Crippen LogP contribution is -2.53. The Bertz CT molecular complexity index is 1310. The normalized spacial score (nSPS) is 14.6. The number of hydrogen-bond acceptors (Lipinski definition) is 3. The summed E-state index contributed by atoms with van der Waals surface area (Å²) < 4.78 is 102. The van der Waals surface area contributed by atoms with Crippen LogP contribution in [0.2, 0.25) is 0 Å². The highest BCUT2D eigenvalue weighted by Gasteiger charge is 2.46. The minimum Gasteiger partial charge on any atom is -0.598 e. The Balaban J connectivity index is 2.35. The summed E-state index contributed by atoms with van der Waals surface area (Å²) in [6, 6.07) is 14.4. The summed E-state index contributed by atoms with van der Waals surface area (Å²) in [7, 11) is 0. The van der Waals surface area contributed by atoms with Crippen LogP contribution in [-0.2, 0) is 23.3 Å². The van der Waals surface area contributed by atoms with E-state index in [1.165, 1.54) is 12.1 Å². The van der Waals surface area contributed by atoms with Crippen LogP contribution in [0, 0.1) is 18.2 Å². The molecule has 1 N–H and O–H groups in total. The van der Waals surface area contributed by atoms with Gasteiger partial charge in [-0.05, 0) is 61.7 Å². The minimum absolute atomic E-state index is 0.0765. The maximum Gasteiger partial charge on any atom is 0.461 e. The molecule has 0 radical (unpaired) electrons. The Hall–Kier alpha value is -3.20. The molecule has 11 heteroatoms. The molecule has 0 aromatic heterocycles. The molecule has 0 heterocycles. The van der Waals surface area contributed by atoms with E-state index in [4.69, 9.17) is 6.57 Å². The molecule has 0 saturated carbocycles. The van der Waals surface area contributed by atoms with Gasteiger partial charge in [-0.1, -0.05) is 36.4 Å². The number of nitrogens with zero attached hydrogens (tertiary/aromatic N) is 1. The van der Waals surface area contributed by atoms with Crippen LogP contribution < -0.4 is 9.46 Å². The molecule has 202 valence electrons. The fraction of sp³-hybridized carbons (Fsp3) is 0.296. The van der Waals surface area contributed by atoms with E-state index in [0.717, 1.165) is 18.2 Å². The number of ether oxygens (including phenoxy) is 1. The number of rotatable bonds is 9. The van der Waals surface area contributed by atoms with Gasteiger partial charge in [-0.3, -0.25) is 0 Å². The van der Waals surface area contributed by atoms with Crippen molar-refractivity contribution in [3.63, 3.8) is 0 Å². The van der Waals surface area contributed by atoms with Crippen molar-refractivity contribution >= 4 is 17.0 Å². The molecule has 0 aliphatic carbocycles. The van der Waals surface area contributed by atoms with Gasteiger partial charge in [0.1, 0.15) is 27.7 Å². The highest BCUT2D eigenvalue weighted by atomic mass is 32.2. The van der Waals surface area contributed by atoms with E-state index >= 15 is 0 Å². The fourth-order valence-electron chi connectivity index (χ4n) is 3.67. The van der Waals surface area contributed by atoms with Crippen molar-refractivity contribution in [2.45, 2.75) is 50.0 Å². The molecule has 0 bridgehead atoms. The van der Waals surface area contributed by atoms with Gasteiger partial charge in [-0.15, -0.1) is 4.72 Å². The highest BCUT2D eigenvalue weighted by molar-refractivity contribution is 7.90. The van der Waals surface area contributed by atoms with E-state index in [1.807, 2.05) is 0 Å². The molecule has 3 aromatic rings. The molecule has 0 fully saturated rings. The molecular weight excluding hydrogens is 530 g/mol. The van der Waals surface area contributed by atoms with E-state index in [2.05, 4.69) is 14.3 Å². The molecular formula is C27H24F6N2O2S. The number of alkyl halides is 4. The van der Waals surface area contributed by atoms with Gasteiger partial charge in [0, 0.05) is 23.8 Å². The van der Waals surface area contributed by atoms with Crippen molar-refractivity contribution in [3.8, 4) is 5.75 Å². The van der Waals surface area contributed by atoms with Crippen molar-refractivity contribution in [3.05, 3.63) is 106 Å². The summed E-state index contributed by atoms with van der Waals surface area (Å²) in [6.07, 6.45) is -9.18. The van der Waals surface area contributed by atoms with Crippen LogP contribution in [0.4, 0.5) is 32.0 Å². The molecule has 0 saturated heterocycles. The van der Waals surface area contributed by atoms with Crippen LogP contribution in [0.3, 0.4) is 0 Å². The molecule has 3 rings (SSSR count). The second kappa shape index (κ2) is 11.3. The second-order valence-electron chi connectivity index (χ2n) is 9.47. The lowest BCUT2D eigenvalue weighted by Gasteiger charge is -2.39.